The lowest BCUT2D eigenvalue weighted by atomic mass is 9.90. The molecule has 0 aliphatic heterocycles. The van der Waals surface area contributed by atoms with E-state index in [-0.39, 0.29) is 18.4 Å². The fraction of sp³-hybridized carbons (Fsp3) is 0.556. The molecule has 0 aliphatic rings. The van der Waals surface area contributed by atoms with Crippen molar-refractivity contribution >= 4 is 5.91 Å². The molecule has 1 atom stereocenters. The molecule has 4 nitrogen and oxygen atoms in total. The zero-order chi connectivity index (χ0) is 16.9. The summed E-state index contributed by atoms with van der Waals surface area (Å²) in [6.07, 6.45) is 0. The second kappa shape index (κ2) is 7.31. The predicted molar refractivity (Wildman–Crippen MR) is 87.8 cm³/mol. The summed E-state index contributed by atoms with van der Waals surface area (Å²) >= 11 is 0. The second-order valence-electron chi connectivity index (χ2n) is 6.49. The van der Waals surface area contributed by atoms with E-state index in [2.05, 4.69) is 31.3 Å². The number of amides is 1. The average Bonchev–Trinajstić information content (AvgIpc) is 2.45. The standard InChI is InChI=1S/C18H26N2O2/c1-12(2)15-8-7-14(5)16(9-15)22-10-17(21)20-18(6,11-19)13(3)4/h7-9,12-13H,10H2,1-6H3,(H,20,21). The maximum Gasteiger partial charge on any atom is 0.259 e. The predicted octanol–water partition coefficient (Wildman–Crippen LogP) is 3.55. The summed E-state index contributed by atoms with van der Waals surface area (Å²) < 4.78 is 5.64. The smallest absolute Gasteiger partial charge is 0.259 e. The van der Waals surface area contributed by atoms with Crippen molar-refractivity contribution < 1.29 is 9.53 Å². The van der Waals surface area contributed by atoms with E-state index in [4.69, 9.17) is 4.74 Å². The molecule has 1 aromatic carbocycles. The lowest BCUT2D eigenvalue weighted by molar-refractivity contribution is -0.124. The van der Waals surface area contributed by atoms with Crippen LogP contribution in [0.15, 0.2) is 18.2 Å². The Labute approximate surface area is 133 Å². The molecule has 1 aromatic rings. The molecule has 1 amide bonds. The fourth-order valence-electron chi connectivity index (χ4n) is 1.90. The van der Waals surface area contributed by atoms with Gasteiger partial charge in [-0.05, 0) is 42.9 Å². The van der Waals surface area contributed by atoms with Gasteiger partial charge in [0.05, 0.1) is 6.07 Å². The minimum atomic E-state index is -0.880. The number of carbonyl (C=O) groups excluding carboxylic acids is 1. The molecule has 0 spiro atoms. The van der Waals surface area contributed by atoms with Crippen molar-refractivity contribution in [1.29, 1.82) is 5.26 Å². The van der Waals surface area contributed by atoms with Crippen LogP contribution in [0.4, 0.5) is 0 Å². The molecule has 0 saturated carbocycles. The number of hydrogen-bond donors (Lipinski definition) is 1. The van der Waals surface area contributed by atoms with Gasteiger partial charge >= 0.3 is 0 Å². The first-order valence-corrected chi connectivity index (χ1v) is 7.65. The van der Waals surface area contributed by atoms with Gasteiger partial charge in [-0.1, -0.05) is 39.8 Å². The molecule has 0 bridgehead atoms. The van der Waals surface area contributed by atoms with E-state index in [1.807, 2.05) is 32.9 Å². The van der Waals surface area contributed by atoms with Gasteiger partial charge in [-0.15, -0.1) is 0 Å². The first kappa shape index (κ1) is 18.0. The fourth-order valence-corrected chi connectivity index (χ4v) is 1.90. The van der Waals surface area contributed by atoms with Crippen LogP contribution in [0.3, 0.4) is 0 Å². The molecule has 22 heavy (non-hydrogen) atoms. The first-order chi connectivity index (χ1) is 10.2. The number of nitrogens with zero attached hydrogens (tertiary/aromatic N) is 1. The molecule has 0 aliphatic carbocycles. The maximum atomic E-state index is 12.0. The van der Waals surface area contributed by atoms with Crippen LogP contribution in [0.25, 0.3) is 0 Å². The molecule has 120 valence electrons. The largest absolute Gasteiger partial charge is 0.483 e. The quantitative estimate of drug-likeness (QED) is 0.874. The Morgan fingerprint density at radius 3 is 2.50 bits per heavy atom. The highest BCUT2D eigenvalue weighted by atomic mass is 16.5. The molecule has 1 rings (SSSR count). The lowest BCUT2D eigenvalue weighted by Gasteiger charge is -2.27. The second-order valence-corrected chi connectivity index (χ2v) is 6.49. The van der Waals surface area contributed by atoms with Crippen molar-refractivity contribution in [2.24, 2.45) is 5.92 Å². The number of rotatable bonds is 6. The molecule has 1 N–H and O–H groups in total. The molecule has 1 unspecified atom stereocenters. The zero-order valence-electron chi connectivity index (χ0n) is 14.4. The van der Waals surface area contributed by atoms with Gasteiger partial charge < -0.3 is 10.1 Å². The maximum absolute atomic E-state index is 12.0. The Balaban J connectivity index is 2.73. The van der Waals surface area contributed by atoms with Crippen LogP contribution in [0, 0.1) is 24.2 Å². The Morgan fingerprint density at radius 2 is 2.00 bits per heavy atom. The van der Waals surface area contributed by atoms with Crippen LogP contribution in [-0.2, 0) is 4.79 Å². The topological polar surface area (TPSA) is 62.1 Å². The van der Waals surface area contributed by atoms with E-state index in [0.29, 0.717) is 11.7 Å². The monoisotopic (exact) mass is 302 g/mol. The van der Waals surface area contributed by atoms with E-state index in [1.54, 1.807) is 6.92 Å². The van der Waals surface area contributed by atoms with Gasteiger partial charge in [-0.25, -0.2) is 0 Å². The minimum absolute atomic E-state index is 0.0208. The number of aryl methyl sites for hydroxylation is 1. The zero-order valence-corrected chi connectivity index (χ0v) is 14.4. The normalized spacial score (nSPS) is 13.6. The van der Waals surface area contributed by atoms with Gasteiger partial charge in [-0.2, -0.15) is 5.26 Å². The third-order valence-corrected chi connectivity index (χ3v) is 4.02. The Kier molecular flexibility index (Phi) is 5.99. The molecule has 0 fully saturated rings. The molecule has 0 saturated heterocycles. The summed E-state index contributed by atoms with van der Waals surface area (Å²) in [7, 11) is 0. The van der Waals surface area contributed by atoms with Gasteiger partial charge in [0.15, 0.2) is 6.61 Å². The Hall–Kier alpha value is -2.02. The average molecular weight is 302 g/mol. The van der Waals surface area contributed by atoms with Crippen molar-refractivity contribution in [3.05, 3.63) is 29.3 Å². The molecular formula is C18H26N2O2. The highest BCUT2D eigenvalue weighted by molar-refractivity contribution is 5.78. The van der Waals surface area contributed by atoms with Crippen molar-refractivity contribution in [3.63, 3.8) is 0 Å². The van der Waals surface area contributed by atoms with Crippen LogP contribution in [-0.4, -0.2) is 18.1 Å². The lowest BCUT2D eigenvalue weighted by Crippen LogP contribution is -2.50. The number of benzene rings is 1. The summed E-state index contributed by atoms with van der Waals surface area (Å²) in [5.41, 5.74) is 1.28. The molecule has 0 radical (unpaired) electrons. The number of nitrogens with one attached hydrogen (secondary N) is 1. The van der Waals surface area contributed by atoms with Crippen LogP contribution in [0.5, 0.6) is 5.75 Å². The highest BCUT2D eigenvalue weighted by Crippen LogP contribution is 2.24. The summed E-state index contributed by atoms with van der Waals surface area (Å²) in [4.78, 5) is 12.0. The van der Waals surface area contributed by atoms with Crippen LogP contribution in [0.1, 0.15) is 51.7 Å². The van der Waals surface area contributed by atoms with Crippen molar-refractivity contribution in [3.8, 4) is 11.8 Å². The van der Waals surface area contributed by atoms with Gasteiger partial charge in [0.2, 0.25) is 0 Å². The number of ether oxygens (including phenoxy) is 1. The van der Waals surface area contributed by atoms with E-state index < -0.39 is 5.54 Å². The third-order valence-electron chi connectivity index (χ3n) is 4.02. The number of nitriles is 1. The van der Waals surface area contributed by atoms with Crippen molar-refractivity contribution in [1.82, 2.24) is 5.32 Å². The number of carbonyl (C=O) groups is 1. The van der Waals surface area contributed by atoms with Crippen LogP contribution in [0.2, 0.25) is 0 Å². The molecular weight excluding hydrogens is 276 g/mol. The van der Waals surface area contributed by atoms with Crippen molar-refractivity contribution in [2.75, 3.05) is 6.61 Å². The molecule has 4 heteroatoms. The molecule has 0 aromatic heterocycles. The van der Waals surface area contributed by atoms with E-state index in [0.717, 1.165) is 5.56 Å². The van der Waals surface area contributed by atoms with Gasteiger partial charge in [-0.3, -0.25) is 4.79 Å². The SMILES string of the molecule is Cc1ccc(C(C)C)cc1OCC(=O)NC(C)(C#N)C(C)C. The highest BCUT2D eigenvalue weighted by Gasteiger charge is 2.30. The Morgan fingerprint density at radius 1 is 1.36 bits per heavy atom. The minimum Gasteiger partial charge on any atom is -0.483 e. The van der Waals surface area contributed by atoms with E-state index in [9.17, 15) is 10.1 Å². The summed E-state index contributed by atoms with van der Waals surface area (Å²) in [5.74, 6) is 0.851. The third kappa shape index (κ3) is 4.49. The summed E-state index contributed by atoms with van der Waals surface area (Å²) in [6, 6.07) is 8.19. The molecule has 0 heterocycles. The Bertz CT molecular complexity index is 573. The van der Waals surface area contributed by atoms with Crippen LogP contribution >= 0.6 is 0 Å². The summed E-state index contributed by atoms with van der Waals surface area (Å²) in [5, 5.41) is 12.0. The van der Waals surface area contributed by atoms with E-state index >= 15 is 0 Å². The number of hydrogen-bond acceptors (Lipinski definition) is 3. The summed E-state index contributed by atoms with van der Waals surface area (Å²) in [6.45, 7) is 11.6. The van der Waals surface area contributed by atoms with Gasteiger partial charge in [0, 0.05) is 0 Å². The van der Waals surface area contributed by atoms with Crippen LogP contribution < -0.4 is 10.1 Å². The van der Waals surface area contributed by atoms with E-state index in [1.165, 1.54) is 5.56 Å². The van der Waals surface area contributed by atoms with Gasteiger partial charge in [0.25, 0.3) is 5.91 Å². The van der Waals surface area contributed by atoms with Gasteiger partial charge in [0.1, 0.15) is 11.3 Å². The first-order valence-electron chi connectivity index (χ1n) is 7.65. The van der Waals surface area contributed by atoms with Crippen molar-refractivity contribution in [2.45, 2.75) is 53.0 Å².